The molecule has 21 aromatic carbocycles. The van der Waals surface area contributed by atoms with Crippen molar-refractivity contribution in [2.45, 2.75) is 0 Å². The number of hydrogen-bond donors (Lipinski definition) is 0. The highest BCUT2D eigenvalue weighted by Gasteiger charge is 2.22. The predicted octanol–water partition coefficient (Wildman–Crippen LogP) is 34.1. The normalized spacial score (nSPS) is 10.9. The van der Waals surface area contributed by atoms with E-state index in [1.165, 1.54) is 95.0 Å². The molecule has 0 amide bonds. The molecule has 137 heavy (non-hydrogen) atoms. The zero-order valence-corrected chi connectivity index (χ0v) is 76.1. The van der Waals surface area contributed by atoms with Crippen LogP contribution in [0.15, 0.2) is 510 Å². The summed E-state index contributed by atoms with van der Waals surface area (Å²) in [6, 6.07) is 176. The fourth-order valence-corrected chi connectivity index (χ4v) is 17.7. The third-order valence-corrected chi connectivity index (χ3v) is 25.2. The van der Waals surface area contributed by atoms with E-state index in [-0.39, 0.29) is 21.2 Å². The van der Waals surface area contributed by atoms with Crippen LogP contribution in [-0.4, -0.2) is 38.1 Å². The number of nitro groups is 2. The van der Waals surface area contributed by atoms with Crippen LogP contribution in [-0.2, 0) is 0 Å². The van der Waals surface area contributed by atoms with E-state index in [2.05, 4.69) is 445 Å². The van der Waals surface area contributed by atoms with Crippen LogP contribution in [0.3, 0.4) is 0 Å². The van der Waals surface area contributed by atoms with Crippen molar-refractivity contribution in [3.8, 4) is 72.5 Å². The highest BCUT2D eigenvalue weighted by atomic mass is 16.6. The van der Waals surface area contributed by atoms with Gasteiger partial charge >= 0.3 is 0 Å². The van der Waals surface area contributed by atoms with Crippen molar-refractivity contribution in [3.05, 3.63) is 530 Å². The maximum atomic E-state index is 11.2. The Bertz CT molecular complexity index is 7720. The number of ether oxygens (including phenoxy) is 1. The van der Waals surface area contributed by atoms with Crippen molar-refractivity contribution < 1.29 is 14.6 Å². The second kappa shape index (κ2) is 40.7. The molecule has 0 saturated carbocycles. The molecule has 0 N–H and O–H groups in total. The van der Waals surface area contributed by atoms with Crippen LogP contribution in [0.4, 0.5) is 96.7 Å². The minimum Gasteiger partial charge on any atom is -0.497 e. The Balaban J connectivity index is 0.000000132. The van der Waals surface area contributed by atoms with E-state index < -0.39 is 0 Å². The molecule has 13 nitrogen and oxygen atoms in total. The van der Waals surface area contributed by atoms with E-state index in [1.807, 2.05) is 72.4 Å². The van der Waals surface area contributed by atoms with Gasteiger partial charge < -0.3 is 34.1 Å². The molecule has 0 aliphatic rings. The molecule has 21 aromatic rings. The van der Waals surface area contributed by atoms with Crippen LogP contribution in [0.5, 0.6) is 5.75 Å². The molecule has 0 bridgehead atoms. The average molecular weight is 1780 g/mol. The lowest BCUT2D eigenvalue weighted by Gasteiger charge is -2.27. The summed E-state index contributed by atoms with van der Waals surface area (Å²) in [7, 11) is 7.64. The van der Waals surface area contributed by atoms with Gasteiger partial charge in [0.2, 0.25) is 0 Å². The monoisotopic (exact) mass is 1780 g/mol. The van der Waals surface area contributed by atoms with Gasteiger partial charge in [0, 0.05) is 136 Å². The Labute approximate surface area is 798 Å². The van der Waals surface area contributed by atoms with Crippen molar-refractivity contribution in [2.75, 3.05) is 57.7 Å². The number of anilines is 15. The maximum absolute atomic E-state index is 11.2. The largest absolute Gasteiger partial charge is 0.497 e. The van der Waals surface area contributed by atoms with Gasteiger partial charge in [0.05, 0.1) is 34.0 Å². The Morgan fingerprint density at radius 1 is 0.190 bits per heavy atom. The molecule has 13 heteroatoms. The van der Waals surface area contributed by atoms with Gasteiger partial charge in [-0.1, -0.05) is 322 Å². The number of benzene rings is 21. The molecule has 0 aromatic heterocycles. The molecule has 0 aliphatic carbocycles. The number of nitrogens with zero attached hydrogens (tertiary/aromatic N) is 8. The van der Waals surface area contributed by atoms with Crippen LogP contribution in [0.1, 0.15) is 0 Å². The highest BCUT2D eigenvalue weighted by Crippen LogP contribution is 2.46. The third kappa shape index (κ3) is 19.8. The van der Waals surface area contributed by atoms with Crippen molar-refractivity contribution in [1.82, 2.24) is 0 Å². The van der Waals surface area contributed by atoms with Crippen LogP contribution in [0.2, 0.25) is 0 Å². The van der Waals surface area contributed by atoms with Crippen molar-refractivity contribution in [1.29, 1.82) is 0 Å². The zero-order chi connectivity index (χ0) is 93.5. The molecule has 0 heterocycles. The van der Waals surface area contributed by atoms with E-state index in [1.54, 1.807) is 31.4 Å². The number of hydrogen-bond acceptors (Lipinski definition) is 11. The Hall–Kier alpha value is -18.2. The fourth-order valence-electron chi connectivity index (χ4n) is 17.7. The Morgan fingerprint density at radius 3 is 0.672 bits per heavy atom. The van der Waals surface area contributed by atoms with Crippen LogP contribution in [0.25, 0.3) is 99.1 Å². The van der Waals surface area contributed by atoms with E-state index in [9.17, 15) is 20.2 Å². The third-order valence-electron chi connectivity index (χ3n) is 25.2. The number of nitro benzene ring substituents is 2. The van der Waals surface area contributed by atoms with Crippen LogP contribution < -0.4 is 34.1 Å². The van der Waals surface area contributed by atoms with Gasteiger partial charge in [0.25, 0.3) is 11.4 Å². The van der Waals surface area contributed by atoms with Crippen LogP contribution >= 0.6 is 0 Å². The fraction of sp³-hybridized carbons (Fsp3) is 0.0323. The zero-order valence-electron chi connectivity index (χ0n) is 76.1. The van der Waals surface area contributed by atoms with Gasteiger partial charge in [-0.05, 0) is 241 Å². The lowest BCUT2D eigenvalue weighted by Crippen LogP contribution is -2.10. The molecular weight excluding hydrogens is 1680 g/mol. The van der Waals surface area contributed by atoms with E-state index >= 15 is 0 Å². The SMILES string of the molecule is CN(c1ccc(-c2ccc(N(c3ccc(-c4ccccc4)cc3)c3cccc4ccccc34)cc2)cc1)c1ccc([N+](=O)[O-])cc1.CN(c1ccc(-c2ccc(N(c3ccc(-c4ccccc4)cc3)c3cccc4ccccc34)cc2)cc1)c1cccc([N+](=O)[O-])c1.COc1cccc(N(C)c2ccc(-c3ccc(N(c4ccc(-c5ccccc5)cc4)c4cccc5ccccc45)cc3)cc2)c1. The molecule has 21 rings (SSSR count). The highest BCUT2D eigenvalue weighted by molar-refractivity contribution is 6.02. The molecule has 0 radical (unpaired) electrons. The van der Waals surface area contributed by atoms with Crippen molar-refractivity contribution in [3.63, 3.8) is 0 Å². The number of rotatable bonds is 24. The molecule has 0 unspecified atom stereocenters. The van der Waals surface area contributed by atoms with Gasteiger partial charge in [-0.3, -0.25) is 20.2 Å². The Morgan fingerprint density at radius 2 is 0.401 bits per heavy atom. The summed E-state index contributed by atoms with van der Waals surface area (Å²) >= 11 is 0. The first kappa shape index (κ1) is 88.1. The standard InChI is InChI=1S/C42H34N2O.2C41H31N3O2/c1-43(39-14-9-15-40(30-39)45-2)36-24-18-33(19-25-36)34-22-28-38(29-23-34)44(42-17-8-13-35-12-6-7-16-41(35)42)37-26-20-32(21-27-37)31-10-4-3-5-11-31;1-42(38-13-8-14-39(29-38)44(45)46)35-23-17-32(18-24-35)33-21-27-37(28-22-33)43(41-16-7-12-34-11-5-6-15-40(34)41)36-25-19-31(20-26-36)30-9-3-2-4-10-30;1-42(36-26-28-39(29-27-36)44(45)46)35-20-14-32(15-21-35)33-18-24-38(25-19-33)43(41-13-7-11-34-10-5-6-12-40(34)41)37-22-16-31(17-23-37)30-8-3-2-4-9-30/h3-30H,1-2H3;2*2-29H,1H3. The first-order valence-electron chi connectivity index (χ1n) is 45.5. The van der Waals surface area contributed by atoms with E-state index in [0.717, 1.165) is 113 Å². The minimum atomic E-state index is -0.382. The summed E-state index contributed by atoms with van der Waals surface area (Å²) in [5, 5.41) is 29.5. The summed E-state index contributed by atoms with van der Waals surface area (Å²) in [6.45, 7) is 0. The molecule has 0 spiro atoms. The lowest BCUT2D eigenvalue weighted by molar-refractivity contribution is -0.385. The molecule has 0 fully saturated rings. The number of fused-ring (bicyclic) bond motifs is 3. The first-order valence-corrected chi connectivity index (χ1v) is 45.5. The quantitative estimate of drug-likeness (QED) is 0.0425. The maximum Gasteiger partial charge on any atom is 0.271 e. The minimum absolute atomic E-state index is 0.0748. The van der Waals surface area contributed by atoms with E-state index in [4.69, 9.17) is 4.74 Å². The average Bonchev–Trinajstić information content (AvgIpc) is 0.779. The number of methoxy groups -OCH3 is 1. The summed E-state index contributed by atoms with van der Waals surface area (Å²) in [5.74, 6) is 0.848. The van der Waals surface area contributed by atoms with E-state index in [0.29, 0.717) is 0 Å². The smallest absolute Gasteiger partial charge is 0.271 e. The topological polar surface area (TPSA) is 115 Å². The summed E-state index contributed by atoms with van der Waals surface area (Å²) in [5.41, 5.74) is 29.8. The Kier molecular flexibility index (Phi) is 26.1. The van der Waals surface area contributed by atoms with Gasteiger partial charge in [-0.15, -0.1) is 0 Å². The molecule has 0 atom stereocenters. The summed E-state index contributed by atoms with van der Waals surface area (Å²) in [6.07, 6.45) is 0. The lowest BCUT2D eigenvalue weighted by atomic mass is 10.0. The molecule has 0 saturated heterocycles. The first-order chi connectivity index (χ1) is 67.3. The van der Waals surface area contributed by atoms with Gasteiger partial charge in [-0.2, -0.15) is 0 Å². The number of non-ortho nitro benzene ring substituents is 2. The van der Waals surface area contributed by atoms with Gasteiger partial charge in [0.15, 0.2) is 0 Å². The second-order valence-corrected chi connectivity index (χ2v) is 33.4. The summed E-state index contributed by atoms with van der Waals surface area (Å²) in [4.78, 5) is 34.7. The molecule has 0 aliphatic heterocycles. The predicted molar refractivity (Wildman–Crippen MR) is 572 cm³/mol. The van der Waals surface area contributed by atoms with Gasteiger partial charge in [0.1, 0.15) is 5.75 Å². The van der Waals surface area contributed by atoms with Crippen LogP contribution in [0, 0.1) is 20.2 Å². The van der Waals surface area contributed by atoms with Gasteiger partial charge in [-0.25, -0.2) is 0 Å². The second-order valence-electron chi connectivity index (χ2n) is 33.4. The van der Waals surface area contributed by atoms with Crippen molar-refractivity contribution in [2.24, 2.45) is 0 Å². The van der Waals surface area contributed by atoms with Crippen molar-refractivity contribution >= 4 is 129 Å². The molecule has 662 valence electrons. The molecular formula is C124H96N8O5. The summed E-state index contributed by atoms with van der Waals surface area (Å²) < 4.78 is 5.42.